The van der Waals surface area contributed by atoms with E-state index in [1.165, 1.54) is 24.3 Å². The van der Waals surface area contributed by atoms with Crippen LogP contribution in [0.5, 0.6) is 23.0 Å². The monoisotopic (exact) mass is 844 g/mol. The third-order valence-electron chi connectivity index (χ3n) is 9.27. The molecule has 0 saturated carbocycles. The van der Waals surface area contributed by atoms with Crippen LogP contribution in [0.3, 0.4) is 0 Å². The van der Waals surface area contributed by atoms with Gasteiger partial charge in [-0.25, -0.2) is 9.59 Å². The first kappa shape index (κ1) is 41.1. The van der Waals surface area contributed by atoms with E-state index in [4.69, 9.17) is 55.9 Å². The molecule has 6 rings (SSSR count). The first-order chi connectivity index (χ1) is 27.2. The number of hydroxylamine groups is 1. The van der Waals surface area contributed by atoms with Crippen molar-refractivity contribution in [3.8, 4) is 23.0 Å². The van der Waals surface area contributed by atoms with Crippen LogP contribution in [0.25, 0.3) is 0 Å². The number of nitrogens with one attached hydrogen (secondary N) is 2. The quantitative estimate of drug-likeness (QED) is 0.0715. The minimum atomic E-state index is -1.37. The van der Waals surface area contributed by atoms with E-state index in [1.807, 2.05) is 48.5 Å². The van der Waals surface area contributed by atoms with E-state index >= 15 is 0 Å². The van der Waals surface area contributed by atoms with Crippen LogP contribution in [-0.4, -0.2) is 33.3 Å². The lowest BCUT2D eigenvalue weighted by atomic mass is 9.78. The van der Waals surface area contributed by atoms with E-state index in [-0.39, 0.29) is 47.8 Å². The fraction of sp³-hybridized carbons (Fsp3) is 0.0930. The summed E-state index contributed by atoms with van der Waals surface area (Å²) in [5.41, 5.74) is 4.07. The minimum absolute atomic E-state index is 0.00592. The molecule has 0 bridgehead atoms. The van der Waals surface area contributed by atoms with Crippen molar-refractivity contribution >= 4 is 69.9 Å². The summed E-state index contributed by atoms with van der Waals surface area (Å²) in [6.45, 7) is 4.21. The summed E-state index contributed by atoms with van der Waals surface area (Å²) in [5.74, 6) is -1.14. The van der Waals surface area contributed by atoms with Crippen molar-refractivity contribution in [1.82, 2.24) is 5.48 Å². The Labute approximate surface area is 347 Å². The summed E-state index contributed by atoms with van der Waals surface area (Å²) in [6.07, 6.45) is 0. The molecule has 1 unspecified atom stereocenters. The molecule has 290 valence electrons. The van der Waals surface area contributed by atoms with Gasteiger partial charge in [0.15, 0.2) is 0 Å². The number of anilines is 1. The highest BCUT2D eigenvalue weighted by molar-refractivity contribution is 6.39. The fourth-order valence-electron chi connectivity index (χ4n) is 6.20. The van der Waals surface area contributed by atoms with Gasteiger partial charge in [0.25, 0.3) is 5.91 Å². The van der Waals surface area contributed by atoms with Crippen molar-refractivity contribution in [1.29, 1.82) is 0 Å². The van der Waals surface area contributed by atoms with Gasteiger partial charge in [-0.3, -0.25) is 4.79 Å². The van der Waals surface area contributed by atoms with Gasteiger partial charge in [0.05, 0.1) is 37.8 Å². The molecule has 0 fully saturated rings. The van der Waals surface area contributed by atoms with Crippen LogP contribution < -0.4 is 20.3 Å². The molecule has 0 aliphatic heterocycles. The van der Waals surface area contributed by atoms with Crippen LogP contribution in [0.4, 0.5) is 5.69 Å². The van der Waals surface area contributed by atoms with Gasteiger partial charge in [-0.05, 0) is 102 Å². The lowest BCUT2D eigenvalue weighted by molar-refractivity contribution is 0.0682. The average molecular weight is 847 g/mol. The summed E-state index contributed by atoms with van der Waals surface area (Å²) in [4.78, 5) is 36.6. The number of carbonyl (C=O) groups excluding carboxylic acids is 1. The van der Waals surface area contributed by atoms with Crippen LogP contribution in [0.15, 0.2) is 121 Å². The van der Waals surface area contributed by atoms with Gasteiger partial charge in [0, 0.05) is 21.7 Å². The van der Waals surface area contributed by atoms with E-state index in [1.54, 1.807) is 48.5 Å². The second-order valence-electron chi connectivity index (χ2n) is 13.2. The zero-order chi connectivity index (χ0) is 41.0. The molecule has 0 saturated heterocycles. The summed E-state index contributed by atoms with van der Waals surface area (Å²) in [6, 6.07) is 33.3. The second-order valence-corrected chi connectivity index (χ2v) is 14.8. The maximum atomic E-state index is 12.9. The van der Waals surface area contributed by atoms with E-state index in [0.29, 0.717) is 34.2 Å². The van der Waals surface area contributed by atoms with Gasteiger partial charge in [-0.1, -0.05) is 96.6 Å². The molecule has 0 aromatic heterocycles. The number of carboxylic acid groups (broad SMARTS) is 2. The molecular formula is C43H32Cl4N2O8. The van der Waals surface area contributed by atoms with Gasteiger partial charge in [-0.2, -0.15) is 5.48 Å². The predicted molar refractivity (Wildman–Crippen MR) is 220 cm³/mol. The molecule has 0 radical (unpaired) electrons. The van der Waals surface area contributed by atoms with E-state index in [0.717, 1.165) is 11.1 Å². The van der Waals surface area contributed by atoms with Crippen LogP contribution in [-0.2, 0) is 5.41 Å². The molecule has 6 aromatic rings. The Bertz CT molecular complexity index is 2460. The van der Waals surface area contributed by atoms with Crippen LogP contribution in [0.2, 0.25) is 20.1 Å². The smallest absolute Gasteiger partial charge is 0.338 e. The number of carboxylic acids is 2. The number of hydrogen-bond donors (Lipinski definition) is 5. The molecule has 10 nitrogen and oxygen atoms in total. The fourth-order valence-corrected chi connectivity index (χ4v) is 7.20. The van der Waals surface area contributed by atoms with Crippen molar-refractivity contribution in [2.24, 2.45) is 0 Å². The second kappa shape index (κ2) is 17.3. The number of benzene rings is 6. The lowest BCUT2D eigenvalue weighted by Gasteiger charge is -2.26. The third-order valence-corrected chi connectivity index (χ3v) is 10.5. The minimum Gasteiger partial charge on any atom is -0.478 e. The maximum Gasteiger partial charge on any atom is 0.338 e. The number of halogens is 4. The Hall–Kier alpha value is -5.59. The standard InChI is InChI=1S/C43H32Cl4N2O8/c1-43(2,24-5-13-28(14-6-24)56-27-11-3-23(4-12-27)39(49-55)35-31(44)19-21-33(46)37(35)41(51)52)25-7-15-29(16-8-25)57-30-17-9-26(10-18-30)48-40(50)36-32(45)20-22-34(47)38(36)42(53)54/h3-22,39,49,55H,1-2H3,(H,48,50)(H,51,52)(H,53,54). The van der Waals surface area contributed by atoms with Gasteiger partial charge in [0.2, 0.25) is 0 Å². The Kier molecular flexibility index (Phi) is 12.4. The Morgan fingerprint density at radius 2 is 0.930 bits per heavy atom. The van der Waals surface area contributed by atoms with Gasteiger partial charge in [-0.15, -0.1) is 0 Å². The third kappa shape index (κ3) is 9.03. The molecule has 0 spiro atoms. The Morgan fingerprint density at radius 1 is 0.544 bits per heavy atom. The Balaban J connectivity index is 1.08. The first-order valence-electron chi connectivity index (χ1n) is 17.1. The largest absolute Gasteiger partial charge is 0.478 e. The number of amides is 1. The van der Waals surface area contributed by atoms with Gasteiger partial charge < -0.3 is 30.2 Å². The Morgan fingerprint density at radius 3 is 1.37 bits per heavy atom. The van der Waals surface area contributed by atoms with Crippen molar-refractivity contribution < 1.29 is 39.3 Å². The summed E-state index contributed by atoms with van der Waals surface area (Å²) < 4.78 is 12.1. The number of hydrogen-bond acceptors (Lipinski definition) is 7. The van der Waals surface area contributed by atoms with Crippen LogP contribution in [0, 0.1) is 0 Å². The highest BCUT2D eigenvalue weighted by atomic mass is 35.5. The number of carbonyl (C=O) groups is 3. The highest BCUT2D eigenvalue weighted by Gasteiger charge is 2.27. The topological polar surface area (TPSA) is 154 Å². The summed E-state index contributed by atoms with van der Waals surface area (Å²) in [5, 5.41) is 31.9. The van der Waals surface area contributed by atoms with E-state index in [9.17, 15) is 29.8 Å². The molecule has 1 amide bonds. The molecule has 5 N–H and O–H groups in total. The zero-order valence-corrected chi connectivity index (χ0v) is 33.0. The summed E-state index contributed by atoms with van der Waals surface area (Å²) >= 11 is 24.7. The molecule has 6 aromatic carbocycles. The van der Waals surface area contributed by atoms with Gasteiger partial charge in [0.1, 0.15) is 23.0 Å². The molecule has 1 atom stereocenters. The van der Waals surface area contributed by atoms with Gasteiger partial charge >= 0.3 is 11.9 Å². The highest BCUT2D eigenvalue weighted by Crippen LogP contribution is 2.38. The number of aromatic carboxylic acids is 2. The van der Waals surface area contributed by atoms with Crippen molar-refractivity contribution in [2.75, 3.05) is 5.32 Å². The molecule has 0 heterocycles. The molecular weight excluding hydrogens is 814 g/mol. The SMILES string of the molecule is CC(C)(c1ccc(Oc2ccc(NC(=O)c3c(Cl)ccc(Cl)c3C(=O)O)cc2)cc1)c1ccc(Oc2ccc(C(NO)c3c(Cl)ccc(Cl)c3C(=O)O)cc2)cc1. The van der Waals surface area contributed by atoms with Crippen molar-refractivity contribution in [3.63, 3.8) is 0 Å². The average Bonchev–Trinajstić information content (AvgIpc) is 3.18. The number of ether oxygens (including phenoxy) is 2. The first-order valence-corrected chi connectivity index (χ1v) is 18.6. The molecule has 0 aliphatic carbocycles. The van der Waals surface area contributed by atoms with Crippen molar-refractivity contribution in [2.45, 2.75) is 25.3 Å². The van der Waals surface area contributed by atoms with Crippen LogP contribution in [0.1, 0.15) is 73.2 Å². The van der Waals surface area contributed by atoms with E-state index < -0.39 is 23.9 Å². The lowest BCUT2D eigenvalue weighted by Crippen LogP contribution is -2.22. The molecule has 14 heteroatoms. The van der Waals surface area contributed by atoms with E-state index in [2.05, 4.69) is 24.6 Å². The molecule has 57 heavy (non-hydrogen) atoms. The maximum absolute atomic E-state index is 12.9. The normalized spacial score (nSPS) is 11.8. The molecule has 0 aliphatic rings. The zero-order valence-electron chi connectivity index (χ0n) is 30.0. The predicted octanol–water partition coefficient (Wildman–Crippen LogP) is 11.9. The van der Waals surface area contributed by atoms with Crippen molar-refractivity contribution in [3.05, 3.63) is 180 Å². The number of rotatable bonds is 13. The van der Waals surface area contributed by atoms with Crippen LogP contribution >= 0.6 is 46.4 Å². The summed E-state index contributed by atoms with van der Waals surface area (Å²) in [7, 11) is 0.